The number of amides is 2. The Hall–Kier alpha value is -3.05. The summed E-state index contributed by atoms with van der Waals surface area (Å²) >= 11 is 1.38. The molecule has 2 aliphatic heterocycles. The maximum atomic E-state index is 13.5. The summed E-state index contributed by atoms with van der Waals surface area (Å²) in [6.07, 6.45) is 3.57. The van der Waals surface area contributed by atoms with Gasteiger partial charge in [0.15, 0.2) is 16.1 Å². The van der Waals surface area contributed by atoms with Crippen molar-refractivity contribution in [2.24, 2.45) is 0 Å². The highest BCUT2D eigenvalue weighted by molar-refractivity contribution is 7.92. The molecule has 2 amide bonds. The van der Waals surface area contributed by atoms with Crippen LogP contribution in [0.5, 0.6) is 0 Å². The quantitative estimate of drug-likeness (QED) is 0.340. The van der Waals surface area contributed by atoms with Gasteiger partial charge in [-0.15, -0.1) is 11.3 Å². The van der Waals surface area contributed by atoms with Crippen molar-refractivity contribution in [3.8, 4) is 10.4 Å². The largest absolute Gasteiger partial charge is 0.350 e. The van der Waals surface area contributed by atoms with Gasteiger partial charge in [-0.2, -0.15) is 0 Å². The first kappa shape index (κ1) is 28.5. The number of nitrogens with one attached hydrogen (secondary N) is 2. The van der Waals surface area contributed by atoms with Gasteiger partial charge in [-0.1, -0.05) is 48.9 Å². The molecule has 1 aromatic heterocycles. The third kappa shape index (κ3) is 6.46. The van der Waals surface area contributed by atoms with Crippen molar-refractivity contribution in [3.63, 3.8) is 0 Å². The Morgan fingerprint density at radius 1 is 0.975 bits per heavy atom. The van der Waals surface area contributed by atoms with Crippen LogP contribution >= 0.6 is 11.3 Å². The van der Waals surface area contributed by atoms with Crippen molar-refractivity contribution in [1.29, 1.82) is 0 Å². The molecule has 2 atom stereocenters. The van der Waals surface area contributed by atoms with Crippen LogP contribution in [0, 0.1) is 0 Å². The lowest BCUT2D eigenvalue weighted by molar-refractivity contribution is -0.200. The van der Waals surface area contributed by atoms with E-state index in [0.717, 1.165) is 35.3 Å². The molecule has 0 bridgehead atoms. The number of hydrogen-bond donors (Lipinski definition) is 2. The van der Waals surface area contributed by atoms with Gasteiger partial charge in [0.05, 0.1) is 12.2 Å². The van der Waals surface area contributed by atoms with Crippen molar-refractivity contribution >= 4 is 33.0 Å². The summed E-state index contributed by atoms with van der Waals surface area (Å²) in [6, 6.07) is 20.7. The average Bonchev–Trinajstić information content (AvgIpc) is 3.48. The fourth-order valence-corrected chi connectivity index (χ4v) is 9.04. The van der Waals surface area contributed by atoms with Gasteiger partial charge in [-0.05, 0) is 61.1 Å². The van der Waals surface area contributed by atoms with Gasteiger partial charge in [0.1, 0.15) is 4.75 Å². The van der Waals surface area contributed by atoms with Gasteiger partial charge in [-0.3, -0.25) is 9.59 Å². The van der Waals surface area contributed by atoms with E-state index in [-0.39, 0.29) is 18.1 Å². The molecule has 0 radical (unpaired) electrons. The van der Waals surface area contributed by atoms with Crippen molar-refractivity contribution < 1.29 is 27.6 Å². The Bertz CT molecular complexity index is 1420. The summed E-state index contributed by atoms with van der Waals surface area (Å²) < 4.78 is 31.2. The predicted molar refractivity (Wildman–Crippen MR) is 154 cm³/mol. The zero-order valence-corrected chi connectivity index (χ0v) is 23.9. The number of rotatable bonds is 9. The lowest BCUT2D eigenvalue weighted by Crippen LogP contribution is -2.45. The molecule has 3 aromatic rings. The molecule has 8 nitrogen and oxygen atoms in total. The molecular formula is C30H34N2O6S2. The second-order valence-corrected chi connectivity index (χ2v) is 13.8. The van der Waals surface area contributed by atoms with Gasteiger partial charge in [0, 0.05) is 34.9 Å². The van der Waals surface area contributed by atoms with Crippen LogP contribution in [0.15, 0.2) is 66.7 Å². The smallest absolute Gasteiger partial charge is 0.251 e. The Balaban J connectivity index is 1.29. The molecular weight excluding hydrogens is 548 g/mol. The zero-order chi connectivity index (χ0) is 28.0. The molecule has 1 unspecified atom stereocenters. The SMILES string of the molecule is O=C(C[C@]1(c2ccc(-c3ccc(C(=O)NCc4ccccc4)cc3)s2)CCCCS1(=O)=O)NOC1CCCCO1. The maximum Gasteiger partial charge on any atom is 0.251 e. The zero-order valence-electron chi connectivity index (χ0n) is 22.3. The van der Waals surface area contributed by atoms with Crippen LogP contribution in [0.3, 0.4) is 0 Å². The highest BCUT2D eigenvalue weighted by atomic mass is 32.2. The second-order valence-electron chi connectivity index (χ2n) is 10.3. The number of sulfone groups is 1. The van der Waals surface area contributed by atoms with E-state index in [0.29, 0.717) is 42.9 Å². The third-order valence-electron chi connectivity index (χ3n) is 7.51. The van der Waals surface area contributed by atoms with E-state index in [1.54, 1.807) is 12.1 Å². The molecule has 0 saturated carbocycles. The number of ether oxygens (including phenoxy) is 1. The van der Waals surface area contributed by atoms with Crippen molar-refractivity contribution in [2.45, 2.75) is 62.5 Å². The number of carbonyl (C=O) groups excluding carboxylic acids is 2. The molecule has 5 rings (SSSR count). The standard InChI is InChI=1S/C30H34N2O6S2/c33-27(32-38-28-10-4-6-18-37-28)20-30(17-5-7-19-40(30,35)36)26-16-15-25(39-26)23-11-13-24(14-12-23)29(34)31-21-22-8-2-1-3-9-22/h1-3,8-9,11-16,28H,4-7,10,17-21H2,(H,31,34)(H,32,33)/t28?,30-/m0/s1. The molecule has 2 N–H and O–H groups in total. The van der Waals surface area contributed by atoms with Crippen molar-refractivity contribution in [1.82, 2.24) is 10.8 Å². The maximum absolute atomic E-state index is 13.5. The fourth-order valence-electron chi connectivity index (χ4n) is 5.25. The summed E-state index contributed by atoms with van der Waals surface area (Å²) in [5.74, 6) is -0.589. The highest BCUT2D eigenvalue weighted by Gasteiger charge is 2.49. The van der Waals surface area contributed by atoms with Crippen LogP contribution < -0.4 is 10.8 Å². The van der Waals surface area contributed by atoms with E-state index >= 15 is 0 Å². The first-order valence-corrected chi connectivity index (χ1v) is 16.1. The van der Waals surface area contributed by atoms with Gasteiger partial charge in [-0.25, -0.2) is 18.7 Å². The fraction of sp³-hybridized carbons (Fsp3) is 0.400. The molecule has 2 saturated heterocycles. The lowest BCUT2D eigenvalue weighted by atomic mass is 9.94. The van der Waals surface area contributed by atoms with Gasteiger partial charge >= 0.3 is 0 Å². The van der Waals surface area contributed by atoms with Crippen LogP contribution in [-0.4, -0.2) is 38.9 Å². The summed E-state index contributed by atoms with van der Waals surface area (Å²) in [6.45, 7) is 1.02. The molecule has 0 spiro atoms. The summed E-state index contributed by atoms with van der Waals surface area (Å²) in [4.78, 5) is 32.5. The summed E-state index contributed by atoms with van der Waals surface area (Å²) in [5, 5.41) is 2.93. The van der Waals surface area contributed by atoms with Crippen LogP contribution in [0.4, 0.5) is 0 Å². The van der Waals surface area contributed by atoms with Gasteiger partial charge in [0.2, 0.25) is 5.91 Å². The molecule has 212 valence electrons. The lowest BCUT2D eigenvalue weighted by Gasteiger charge is -2.35. The molecule has 10 heteroatoms. The number of thiophene rings is 1. The van der Waals surface area contributed by atoms with Crippen LogP contribution in [0.1, 0.15) is 65.7 Å². The van der Waals surface area contributed by atoms with E-state index < -0.39 is 26.8 Å². The molecule has 2 aliphatic rings. The Labute approximate surface area is 239 Å². The molecule has 40 heavy (non-hydrogen) atoms. The van der Waals surface area contributed by atoms with Crippen LogP contribution in [0.25, 0.3) is 10.4 Å². The molecule has 2 fully saturated rings. The Kier molecular flexibility index (Phi) is 9.00. The van der Waals surface area contributed by atoms with Crippen molar-refractivity contribution in [3.05, 3.63) is 82.7 Å². The highest BCUT2D eigenvalue weighted by Crippen LogP contribution is 2.47. The summed E-state index contributed by atoms with van der Waals surface area (Å²) in [5.41, 5.74) is 4.89. The number of hydroxylamine groups is 1. The van der Waals surface area contributed by atoms with Crippen molar-refractivity contribution in [2.75, 3.05) is 12.4 Å². The minimum absolute atomic E-state index is 0.0485. The minimum atomic E-state index is -3.58. The van der Waals surface area contributed by atoms with E-state index in [4.69, 9.17) is 9.57 Å². The topological polar surface area (TPSA) is 111 Å². The van der Waals surface area contributed by atoms with E-state index in [1.165, 1.54) is 11.3 Å². The van der Waals surface area contributed by atoms with Crippen LogP contribution in [-0.2, 0) is 35.5 Å². The van der Waals surface area contributed by atoms with E-state index in [1.807, 2.05) is 54.6 Å². The minimum Gasteiger partial charge on any atom is -0.350 e. The Morgan fingerprint density at radius 3 is 2.50 bits per heavy atom. The first-order valence-electron chi connectivity index (χ1n) is 13.7. The Morgan fingerprint density at radius 2 is 1.77 bits per heavy atom. The number of hydrogen-bond acceptors (Lipinski definition) is 7. The second kappa shape index (κ2) is 12.6. The van der Waals surface area contributed by atoms with E-state index in [9.17, 15) is 18.0 Å². The number of carbonyl (C=O) groups is 2. The van der Waals surface area contributed by atoms with E-state index in [2.05, 4.69) is 10.8 Å². The molecule has 2 aromatic carbocycles. The number of benzene rings is 2. The first-order chi connectivity index (χ1) is 19.4. The van der Waals surface area contributed by atoms with Crippen LogP contribution in [0.2, 0.25) is 0 Å². The normalized spacial score (nSPS) is 22.4. The van der Waals surface area contributed by atoms with Gasteiger partial charge < -0.3 is 10.1 Å². The van der Waals surface area contributed by atoms with Gasteiger partial charge in [0.25, 0.3) is 5.91 Å². The molecule has 0 aliphatic carbocycles. The predicted octanol–water partition coefficient (Wildman–Crippen LogP) is 5.10. The third-order valence-corrected chi connectivity index (χ3v) is 11.6. The monoisotopic (exact) mass is 582 g/mol. The molecule has 3 heterocycles. The average molecular weight is 583 g/mol. The summed E-state index contributed by atoms with van der Waals surface area (Å²) in [7, 11) is -3.58.